The Labute approximate surface area is 198 Å². The second kappa shape index (κ2) is 9.98. The van der Waals surface area contributed by atoms with Gasteiger partial charge in [0.1, 0.15) is 0 Å². The predicted molar refractivity (Wildman–Crippen MR) is 133 cm³/mol. The van der Waals surface area contributed by atoms with Crippen LogP contribution in [-0.4, -0.2) is 60.9 Å². The van der Waals surface area contributed by atoms with E-state index in [2.05, 4.69) is 81.1 Å². The number of para-hydroxylation sites is 1. The molecule has 0 radical (unpaired) electrons. The number of hydrogen-bond acceptors (Lipinski definition) is 3. The summed E-state index contributed by atoms with van der Waals surface area (Å²) in [5, 5.41) is 0. The van der Waals surface area contributed by atoms with Crippen molar-refractivity contribution in [2.75, 3.05) is 44.2 Å². The molecule has 0 aliphatic carbocycles. The number of amides is 2. The summed E-state index contributed by atoms with van der Waals surface area (Å²) in [5.41, 5.74) is 4.90. The van der Waals surface area contributed by atoms with E-state index in [9.17, 15) is 9.59 Å². The van der Waals surface area contributed by atoms with Crippen LogP contribution in [0, 0.1) is 25.7 Å². The summed E-state index contributed by atoms with van der Waals surface area (Å²) >= 11 is 0. The van der Waals surface area contributed by atoms with E-state index >= 15 is 0 Å². The van der Waals surface area contributed by atoms with Crippen LogP contribution in [0.5, 0.6) is 0 Å². The van der Waals surface area contributed by atoms with Crippen LogP contribution in [0.25, 0.3) is 0 Å². The molecule has 2 amide bonds. The number of aryl methyl sites for hydroxylation is 2. The molecule has 176 valence electrons. The van der Waals surface area contributed by atoms with Crippen molar-refractivity contribution in [2.45, 2.75) is 40.0 Å². The highest BCUT2D eigenvalue weighted by Crippen LogP contribution is 2.35. The number of hydrogen-bond donors (Lipinski definition) is 0. The highest BCUT2D eigenvalue weighted by atomic mass is 16.2. The number of carbonyl (C=O) groups is 2. The molecular formula is C28H37N3O2. The topological polar surface area (TPSA) is 43.9 Å². The average Bonchev–Trinajstić information content (AvgIpc) is 3.25. The molecule has 2 heterocycles. The highest BCUT2D eigenvalue weighted by molar-refractivity contribution is 5.84. The van der Waals surface area contributed by atoms with Gasteiger partial charge in [0.25, 0.3) is 0 Å². The van der Waals surface area contributed by atoms with Crippen molar-refractivity contribution in [1.82, 2.24) is 9.80 Å². The van der Waals surface area contributed by atoms with Gasteiger partial charge in [0, 0.05) is 57.3 Å². The lowest BCUT2D eigenvalue weighted by atomic mass is 9.87. The maximum atomic E-state index is 13.7. The molecule has 2 saturated heterocycles. The van der Waals surface area contributed by atoms with E-state index in [4.69, 9.17) is 0 Å². The maximum Gasteiger partial charge on any atom is 0.228 e. The molecule has 33 heavy (non-hydrogen) atoms. The number of rotatable bonds is 5. The normalized spacial score (nSPS) is 21.1. The summed E-state index contributed by atoms with van der Waals surface area (Å²) in [5.74, 6) is 0.573. The van der Waals surface area contributed by atoms with Gasteiger partial charge in [0.15, 0.2) is 0 Å². The number of nitrogens with zero attached hydrogens (tertiary/aromatic N) is 3. The van der Waals surface area contributed by atoms with Gasteiger partial charge in [-0.05, 0) is 37.0 Å². The van der Waals surface area contributed by atoms with Crippen LogP contribution in [-0.2, 0) is 9.59 Å². The Hall–Kier alpha value is -2.82. The molecule has 0 spiro atoms. The summed E-state index contributed by atoms with van der Waals surface area (Å²) in [7, 11) is 0. The Morgan fingerprint density at radius 3 is 2.18 bits per heavy atom. The molecule has 0 bridgehead atoms. The van der Waals surface area contributed by atoms with E-state index in [0.717, 1.165) is 31.7 Å². The van der Waals surface area contributed by atoms with Gasteiger partial charge in [-0.15, -0.1) is 0 Å². The van der Waals surface area contributed by atoms with Crippen molar-refractivity contribution >= 4 is 17.5 Å². The van der Waals surface area contributed by atoms with E-state index in [0.29, 0.717) is 25.4 Å². The van der Waals surface area contributed by atoms with Crippen molar-refractivity contribution in [3.05, 3.63) is 65.2 Å². The van der Waals surface area contributed by atoms with Gasteiger partial charge in [0.05, 0.1) is 5.92 Å². The first-order valence-corrected chi connectivity index (χ1v) is 12.3. The molecular weight excluding hydrogens is 410 g/mol. The zero-order valence-corrected chi connectivity index (χ0v) is 20.5. The minimum absolute atomic E-state index is 0.0589. The number of benzene rings is 2. The van der Waals surface area contributed by atoms with Crippen molar-refractivity contribution in [3.63, 3.8) is 0 Å². The van der Waals surface area contributed by atoms with Gasteiger partial charge >= 0.3 is 0 Å². The van der Waals surface area contributed by atoms with Crippen LogP contribution in [0.4, 0.5) is 5.69 Å². The minimum atomic E-state index is -0.172. The Balaban J connectivity index is 1.48. The summed E-state index contributed by atoms with van der Waals surface area (Å²) in [6, 6.07) is 16.9. The molecule has 2 aliphatic rings. The van der Waals surface area contributed by atoms with E-state index in [1.807, 2.05) is 9.80 Å². The largest absolute Gasteiger partial charge is 0.368 e. The van der Waals surface area contributed by atoms with Gasteiger partial charge < -0.3 is 14.7 Å². The molecule has 5 nitrogen and oxygen atoms in total. The van der Waals surface area contributed by atoms with Gasteiger partial charge in [-0.1, -0.05) is 61.9 Å². The fourth-order valence-electron chi connectivity index (χ4n) is 5.21. The second-order valence-corrected chi connectivity index (χ2v) is 10.1. The maximum absolute atomic E-state index is 13.7. The van der Waals surface area contributed by atoms with Crippen molar-refractivity contribution in [1.29, 1.82) is 0 Å². The zero-order valence-electron chi connectivity index (χ0n) is 20.5. The van der Waals surface area contributed by atoms with Gasteiger partial charge in [-0.2, -0.15) is 0 Å². The van der Waals surface area contributed by atoms with E-state index in [-0.39, 0.29) is 23.7 Å². The van der Waals surface area contributed by atoms with Crippen LogP contribution in [0.15, 0.2) is 48.5 Å². The highest BCUT2D eigenvalue weighted by Gasteiger charge is 2.42. The number of carbonyl (C=O) groups excluding carboxylic acids is 2. The van der Waals surface area contributed by atoms with E-state index in [1.54, 1.807) is 0 Å². The lowest BCUT2D eigenvalue weighted by Crippen LogP contribution is -2.51. The standard InChI is InChI=1S/C28H37N3O2/c1-20(2)17-27(32)31-18-24(23-11-9-21(3)10-12-23)25(19-31)28(33)30-15-13-29(14-16-30)26-8-6-5-7-22(26)4/h5-12,20,24-25H,13-19H2,1-4H3. The summed E-state index contributed by atoms with van der Waals surface area (Å²) in [6.07, 6.45) is 0.538. The third kappa shape index (κ3) is 5.23. The number of likely N-dealkylation sites (tertiary alicyclic amines) is 1. The van der Waals surface area contributed by atoms with Crippen molar-refractivity contribution in [2.24, 2.45) is 11.8 Å². The lowest BCUT2D eigenvalue weighted by molar-refractivity contribution is -0.136. The molecule has 0 N–H and O–H groups in total. The Kier molecular flexibility index (Phi) is 7.06. The first-order chi connectivity index (χ1) is 15.8. The lowest BCUT2D eigenvalue weighted by Gasteiger charge is -2.38. The molecule has 2 unspecified atom stereocenters. The van der Waals surface area contributed by atoms with Crippen LogP contribution < -0.4 is 4.90 Å². The summed E-state index contributed by atoms with van der Waals surface area (Å²) < 4.78 is 0. The molecule has 0 aromatic heterocycles. The molecule has 2 atom stereocenters. The fourth-order valence-corrected chi connectivity index (χ4v) is 5.21. The Morgan fingerprint density at radius 2 is 1.55 bits per heavy atom. The quantitative estimate of drug-likeness (QED) is 0.689. The number of anilines is 1. The van der Waals surface area contributed by atoms with E-state index < -0.39 is 0 Å². The molecule has 0 saturated carbocycles. The molecule has 2 aromatic carbocycles. The first-order valence-electron chi connectivity index (χ1n) is 12.3. The van der Waals surface area contributed by atoms with Crippen LogP contribution in [0.3, 0.4) is 0 Å². The zero-order chi connectivity index (χ0) is 23.5. The van der Waals surface area contributed by atoms with E-state index in [1.165, 1.54) is 16.8 Å². The molecule has 5 heteroatoms. The Bertz CT molecular complexity index is 977. The fraction of sp³-hybridized carbons (Fsp3) is 0.500. The molecule has 2 aliphatic heterocycles. The predicted octanol–water partition coefficient (Wildman–Crippen LogP) is 4.24. The van der Waals surface area contributed by atoms with Crippen molar-refractivity contribution in [3.8, 4) is 0 Å². The second-order valence-electron chi connectivity index (χ2n) is 10.1. The van der Waals surface area contributed by atoms with Gasteiger partial charge in [0.2, 0.25) is 11.8 Å². The summed E-state index contributed by atoms with van der Waals surface area (Å²) in [6.45, 7) is 12.7. The minimum Gasteiger partial charge on any atom is -0.368 e. The van der Waals surface area contributed by atoms with Gasteiger partial charge in [-0.25, -0.2) is 0 Å². The third-order valence-corrected chi connectivity index (χ3v) is 7.13. The van der Waals surface area contributed by atoms with Crippen LogP contribution in [0.2, 0.25) is 0 Å². The van der Waals surface area contributed by atoms with Crippen LogP contribution >= 0.6 is 0 Å². The van der Waals surface area contributed by atoms with Crippen molar-refractivity contribution < 1.29 is 9.59 Å². The van der Waals surface area contributed by atoms with Crippen LogP contribution in [0.1, 0.15) is 42.9 Å². The first kappa shape index (κ1) is 23.3. The smallest absolute Gasteiger partial charge is 0.228 e. The van der Waals surface area contributed by atoms with Gasteiger partial charge in [-0.3, -0.25) is 9.59 Å². The molecule has 2 aromatic rings. The SMILES string of the molecule is Cc1ccc(C2CN(C(=O)CC(C)C)CC2C(=O)N2CCN(c3ccccc3C)CC2)cc1. The Morgan fingerprint density at radius 1 is 0.879 bits per heavy atom. The monoisotopic (exact) mass is 447 g/mol. The average molecular weight is 448 g/mol. The third-order valence-electron chi connectivity index (χ3n) is 7.13. The molecule has 4 rings (SSSR count). The molecule has 2 fully saturated rings. The summed E-state index contributed by atoms with van der Waals surface area (Å²) in [4.78, 5) is 32.9. The number of piperazine rings is 1.